The normalized spacial score (nSPS) is 22.3. The van der Waals surface area contributed by atoms with E-state index in [0.29, 0.717) is 18.0 Å². The molecule has 1 aliphatic carbocycles. The summed E-state index contributed by atoms with van der Waals surface area (Å²) in [7, 11) is 0. The van der Waals surface area contributed by atoms with E-state index in [1.807, 2.05) is 16.9 Å². The van der Waals surface area contributed by atoms with Gasteiger partial charge >= 0.3 is 0 Å². The summed E-state index contributed by atoms with van der Waals surface area (Å²) in [6.45, 7) is 6.10. The van der Waals surface area contributed by atoms with E-state index < -0.39 is 0 Å². The first kappa shape index (κ1) is 15.2. The van der Waals surface area contributed by atoms with E-state index in [0.717, 1.165) is 18.9 Å². The molecule has 3 rings (SSSR count). The van der Waals surface area contributed by atoms with E-state index in [-0.39, 0.29) is 0 Å². The van der Waals surface area contributed by atoms with Crippen LogP contribution in [0.1, 0.15) is 51.4 Å². The zero-order valence-corrected chi connectivity index (χ0v) is 13.5. The topological polar surface area (TPSA) is 60.6 Å². The molecule has 6 heteroatoms. The van der Waals surface area contributed by atoms with Crippen molar-refractivity contribution in [3.05, 3.63) is 30.6 Å². The minimum Gasteiger partial charge on any atom is -0.305 e. The third kappa shape index (κ3) is 3.55. The van der Waals surface area contributed by atoms with Crippen molar-refractivity contribution in [1.29, 1.82) is 0 Å². The van der Waals surface area contributed by atoms with Crippen LogP contribution >= 0.6 is 0 Å². The van der Waals surface area contributed by atoms with Crippen LogP contribution in [0.25, 0.3) is 0 Å². The Bertz CT molecular complexity index is 559. The fraction of sp³-hybridized carbons (Fsp3) is 0.688. The molecule has 120 valence electrons. The van der Waals surface area contributed by atoms with Crippen molar-refractivity contribution in [2.75, 3.05) is 0 Å². The molecular formula is C16H26N6. The van der Waals surface area contributed by atoms with Crippen molar-refractivity contribution in [1.82, 2.24) is 29.9 Å². The fourth-order valence-corrected chi connectivity index (χ4v) is 3.29. The van der Waals surface area contributed by atoms with Gasteiger partial charge in [-0.25, -0.2) is 9.67 Å². The summed E-state index contributed by atoms with van der Waals surface area (Å²) < 4.78 is 4.12. The van der Waals surface area contributed by atoms with Crippen LogP contribution in [0.3, 0.4) is 0 Å². The van der Waals surface area contributed by atoms with Gasteiger partial charge in [0.25, 0.3) is 0 Å². The summed E-state index contributed by atoms with van der Waals surface area (Å²) in [6.07, 6.45) is 10.6. The largest absolute Gasteiger partial charge is 0.305 e. The maximum atomic E-state index is 4.44. The van der Waals surface area contributed by atoms with E-state index in [9.17, 15) is 0 Å². The van der Waals surface area contributed by atoms with Gasteiger partial charge in [0.15, 0.2) is 0 Å². The van der Waals surface area contributed by atoms with Crippen molar-refractivity contribution in [3.8, 4) is 0 Å². The van der Waals surface area contributed by atoms with Crippen LogP contribution in [0.15, 0.2) is 24.8 Å². The van der Waals surface area contributed by atoms with E-state index in [4.69, 9.17) is 0 Å². The van der Waals surface area contributed by atoms with Crippen LogP contribution in [0.4, 0.5) is 0 Å². The van der Waals surface area contributed by atoms with Gasteiger partial charge in [0.1, 0.15) is 12.2 Å². The second kappa shape index (κ2) is 7.05. The molecule has 1 N–H and O–H groups in total. The van der Waals surface area contributed by atoms with Gasteiger partial charge in [-0.05, 0) is 24.8 Å². The monoisotopic (exact) mass is 302 g/mol. The quantitative estimate of drug-likeness (QED) is 0.890. The first-order chi connectivity index (χ1) is 10.7. The lowest BCUT2D eigenvalue weighted by Crippen LogP contribution is -2.40. The van der Waals surface area contributed by atoms with Crippen molar-refractivity contribution >= 4 is 0 Å². The van der Waals surface area contributed by atoms with Gasteiger partial charge in [0.2, 0.25) is 0 Å². The summed E-state index contributed by atoms with van der Waals surface area (Å²) >= 11 is 0. The predicted octanol–water partition coefficient (Wildman–Crippen LogP) is 2.40. The molecule has 6 nitrogen and oxygen atoms in total. The summed E-state index contributed by atoms with van der Waals surface area (Å²) in [6, 6.07) is 2.91. The summed E-state index contributed by atoms with van der Waals surface area (Å²) in [5.74, 6) is 1.60. The van der Waals surface area contributed by atoms with Crippen molar-refractivity contribution < 1.29 is 0 Å². The second-order valence-electron chi connectivity index (χ2n) is 6.58. The molecule has 2 aromatic rings. The highest BCUT2D eigenvalue weighted by Crippen LogP contribution is 2.28. The molecule has 2 heterocycles. The highest BCUT2D eigenvalue weighted by Gasteiger charge is 2.26. The highest BCUT2D eigenvalue weighted by molar-refractivity contribution is 4.92. The molecule has 0 aliphatic heterocycles. The van der Waals surface area contributed by atoms with Crippen LogP contribution < -0.4 is 5.32 Å². The van der Waals surface area contributed by atoms with Crippen molar-refractivity contribution in [2.24, 2.45) is 5.92 Å². The minimum atomic E-state index is 0.449. The Hall–Kier alpha value is -1.69. The number of hydrogen-bond acceptors (Lipinski definition) is 4. The van der Waals surface area contributed by atoms with E-state index >= 15 is 0 Å². The van der Waals surface area contributed by atoms with E-state index in [2.05, 4.69) is 45.2 Å². The number of rotatable bonds is 6. The molecule has 1 saturated carbocycles. The molecule has 1 fully saturated rings. The van der Waals surface area contributed by atoms with Gasteiger partial charge < -0.3 is 5.32 Å². The fourth-order valence-electron chi connectivity index (χ4n) is 3.29. The Balaban J connectivity index is 1.63. The Labute approximate surface area is 131 Å². The summed E-state index contributed by atoms with van der Waals surface area (Å²) in [5.41, 5.74) is 0. The molecule has 22 heavy (non-hydrogen) atoms. The molecule has 0 saturated heterocycles. The molecule has 2 aromatic heterocycles. The molecule has 0 unspecified atom stereocenters. The van der Waals surface area contributed by atoms with Gasteiger partial charge in [-0.2, -0.15) is 10.2 Å². The maximum Gasteiger partial charge on any atom is 0.140 e. The molecule has 0 spiro atoms. The smallest absolute Gasteiger partial charge is 0.140 e. The standard InChI is InChI=1S/C16H26N6/c1-13(2)11-22-16(18-12-20-22)10-17-14-6-3-4-7-15(14)21-9-5-8-19-21/h5,8-9,12-15,17H,3-4,6-7,10-11H2,1-2H3/t14-,15+/m1/s1. The molecular weight excluding hydrogens is 276 g/mol. The Morgan fingerprint density at radius 3 is 2.91 bits per heavy atom. The van der Waals surface area contributed by atoms with Crippen LogP contribution in [-0.4, -0.2) is 30.6 Å². The first-order valence-corrected chi connectivity index (χ1v) is 8.33. The number of nitrogens with one attached hydrogen (secondary N) is 1. The van der Waals surface area contributed by atoms with Crippen molar-refractivity contribution in [2.45, 2.75) is 64.7 Å². The zero-order valence-electron chi connectivity index (χ0n) is 13.5. The Morgan fingerprint density at radius 1 is 1.27 bits per heavy atom. The number of hydrogen-bond donors (Lipinski definition) is 1. The van der Waals surface area contributed by atoms with E-state index in [1.165, 1.54) is 25.7 Å². The lowest BCUT2D eigenvalue weighted by Gasteiger charge is -2.32. The molecule has 0 radical (unpaired) electrons. The third-order valence-corrected chi connectivity index (χ3v) is 4.35. The second-order valence-corrected chi connectivity index (χ2v) is 6.58. The van der Waals surface area contributed by atoms with Gasteiger partial charge in [-0.1, -0.05) is 26.7 Å². The number of nitrogens with zero attached hydrogens (tertiary/aromatic N) is 5. The zero-order chi connectivity index (χ0) is 15.4. The third-order valence-electron chi connectivity index (χ3n) is 4.35. The SMILES string of the molecule is CC(C)Cn1ncnc1CN[C@@H]1CCCC[C@@H]1n1cccn1. The summed E-state index contributed by atoms with van der Waals surface area (Å²) in [5, 5.41) is 12.5. The highest BCUT2D eigenvalue weighted by atomic mass is 15.3. The maximum absolute atomic E-state index is 4.44. The lowest BCUT2D eigenvalue weighted by molar-refractivity contribution is 0.243. The van der Waals surface area contributed by atoms with Crippen LogP contribution in [0.2, 0.25) is 0 Å². The van der Waals surface area contributed by atoms with E-state index in [1.54, 1.807) is 6.33 Å². The van der Waals surface area contributed by atoms with Crippen LogP contribution in [0.5, 0.6) is 0 Å². The molecule has 0 aromatic carbocycles. The molecule has 0 amide bonds. The predicted molar refractivity (Wildman–Crippen MR) is 85.2 cm³/mol. The van der Waals surface area contributed by atoms with Gasteiger partial charge in [-0.3, -0.25) is 4.68 Å². The van der Waals surface area contributed by atoms with Gasteiger partial charge in [0, 0.05) is 25.0 Å². The Morgan fingerprint density at radius 2 is 2.14 bits per heavy atom. The molecule has 0 bridgehead atoms. The van der Waals surface area contributed by atoms with Crippen LogP contribution in [0, 0.1) is 5.92 Å². The van der Waals surface area contributed by atoms with Crippen molar-refractivity contribution in [3.63, 3.8) is 0 Å². The van der Waals surface area contributed by atoms with Gasteiger partial charge in [0.05, 0.1) is 12.6 Å². The van der Waals surface area contributed by atoms with Crippen LogP contribution in [-0.2, 0) is 13.1 Å². The summed E-state index contributed by atoms with van der Waals surface area (Å²) in [4.78, 5) is 4.41. The lowest BCUT2D eigenvalue weighted by atomic mass is 9.90. The average Bonchev–Trinajstić information content (AvgIpc) is 3.16. The first-order valence-electron chi connectivity index (χ1n) is 8.33. The number of aromatic nitrogens is 5. The average molecular weight is 302 g/mol. The molecule has 2 atom stereocenters. The van der Waals surface area contributed by atoms with Gasteiger partial charge in [-0.15, -0.1) is 0 Å². The minimum absolute atomic E-state index is 0.449. The molecule has 1 aliphatic rings. The Kier molecular flexibility index (Phi) is 4.87.